The fourth-order valence-corrected chi connectivity index (χ4v) is 1.94. The minimum Gasteiger partial charge on any atom is -0.233 e. The summed E-state index contributed by atoms with van der Waals surface area (Å²) in [7, 11) is 0. The Labute approximate surface area is 85.2 Å². The number of hydrogen-bond acceptors (Lipinski definition) is 3. The molecule has 0 aliphatic heterocycles. The molecule has 2 nitrogen and oxygen atoms in total. The fraction of sp³-hybridized carbons (Fsp3) is 0.111. The van der Waals surface area contributed by atoms with Crippen LogP contribution in [-0.2, 0) is 0 Å². The van der Waals surface area contributed by atoms with Gasteiger partial charge in [-0.3, -0.25) is 0 Å². The lowest BCUT2D eigenvalue weighted by atomic mass is 10.4. The highest BCUT2D eigenvalue weighted by Crippen LogP contribution is 2.22. The first-order chi connectivity index (χ1) is 6.25. The van der Waals surface area contributed by atoms with Gasteiger partial charge in [-0.05, 0) is 24.4 Å². The molecule has 13 heavy (non-hydrogen) atoms. The summed E-state index contributed by atoms with van der Waals surface area (Å²) in [6.45, 7) is 1.91. The van der Waals surface area contributed by atoms with Crippen molar-refractivity contribution in [3.05, 3.63) is 34.4 Å². The highest BCUT2D eigenvalue weighted by atomic mass is 35.5. The first-order valence-corrected chi connectivity index (χ1v) is 5.06. The van der Waals surface area contributed by atoms with Crippen LogP contribution >= 0.6 is 22.9 Å². The zero-order chi connectivity index (χ0) is 9.26. The minimum atomic E-state index is 0.496. The van der Waals surface area contributed by atoms with E-state index in [2.05, 4.69) is 9.97 Å². The maximum Gasteiger partial charge on any atom is 0.171 e. The van der Waals surface area contributed by atoms with Crippen LogP contribution in [0.5, 0.6) is 0 Å². The van der Waals surface area contributed by atoms with E-state index in [0.29, 0.717) is 11.0 Å². The summed E-state index contributed by atoms with van der Waals surface area (Å²) in [4.78, 5) is 9.48. The van der Waals surface area contributed by atoms with Crippen molar-refractivity contribution in [3.63, 3.8) is 0 Å². The van der Waals surface area contributed by atoms with Crippen molar-refractivity contribution >= 4 is 22.9 Å². The Hall–Kier alpha value is -0.930. The number of halogens is 1. The Balaban J connectivity index is 2.53. The molecule has 2 heterocycles. The summed E-state index contributed by atoms with van der Waals surface area (Å²) >= 11 is 7.43. The summed E-state index contributed by atoms with van der Waals surface area (Å²) < 4.78 is 0. The van der Waals surface area contributed by atoms with Gasteiger partial charge < -0.3 is 0 Å². The van der Waals surface area contributed by atoms with E-state index in [0.717, 1.165) is 10.6 Å². The second kappa shape index (κ2) is 3.44. The molecule has 0 unspecified atom stereocenters. The van der Waals surface area contributed by atoms with Gasteiger partial charge >= 0.3 is 0 Å². The molecule has 2 rings (SSSR count). The SMILES string of the molecule is Cc1cc(Cl)nc(-c2cccs2)n1. The van der Waals surface area contributed by atoms with Gasteiger partial charge in [-0.15, -0.1) is 11.3 Å². The van der Waals surface area contributed by atoms with Gasteiger partial charge in [0.05, 0.1) is 4.88 Å². The summed E-state index contributed by atoms with van der Waals surface area (Å²) in [5.74, 6) is 0.708. The molecule has 0 fully saturated rings. The molecule has 2 aromatic heterocycles. The topological polar surface area (TPSA) is 25.8 Å². The van der Waals surface area contributed by atoms with Crippen LogP contribution in [0, 0.1) is 6.92 Å². The zero-order valence-electron chi connectivity index (χ0n) is 6.99. The second-order valence-corrected chi connectivity index (χ2v) is 3.97. The zero-order valence-corrected chi connectivity index (χ0v) is 8.56. The average Bonchev–Trinajstić information content (AvgIpc) is 2.53. The molecule has 0 amide bonds. The predicted octanol–water partition coefficient (Wildman–Crippen LogP) is 3.17. The van der Waals surface area contributed by atoms with E-state index in [1.54, 1.807) is 17.4 Å². The van der Waals surface area contributed by atoms with Crippen LogP contribution < -0.4 is 0 Å². The van der Waals surface area contributed by atoms with Crippen molar-refractivity contribution in [2.45, 2.75) is 6.92 Å². The highest BCUT2D eigenvalue weighted by molar-refractivity contribution is 7.13. The van der Waals surface area contributed by atoms with Crippen LogP contribution in [0.2, 0.25) is 5.15 Å². The quantitative estimate of drug-likeness (QED) is 0.676. The maximum atomic E-state index is 5.82. The van der Waals surface area contributed by atoms with Crippen LogP contribution in [0.25, 0.3) is 10.7 Å². The Kier molecular flexibility index (Phi) is 2.29. The largest absolute Gasteiger partial charge is 0.233 e. The monoisotopic (exact) mass is 210 g/mol. The van der Waals surface area contributed by atoms with Gasteiger partial charge in [0.2, 0.25) is 0 Å². The van der Waals surface area contributed by atoms with Gasteiger partial charge in [0.1, 0.15) is 5.15 Å². The Morgan fingerprint density at radius 1 is 1.38 bits per heavy atom. The molecule has 0 N–H and O–H groups in total. The van der Waals surface area contributed by atoms with E-state index < -0.39 is 0 Å². The lowest BCUT2D eigenvalue weighted by molar-refractivity contribution is 1.12. The van der Waals surface area contributed by atoms with Crippen LogP contribution in [0.15, 0.2) is 23.6 Å². The third-order valence-corrected chi connectivity index (χ3v) is 2.62. The summed E-state index contributed by atoms with van der Waals surface area (Å²) in [5, 5.41) is 2.49. The summed E-state index contributed by atoms with van der Waals surface area (Å²) in [6, 6.07) is 5.70. The molecule has 0 spiro atoms. The minimum absolute atomic E-state index is 0.496. The third kappa shape index (κ3) is 1.87. The van der Waals surface area contributed by atoms with Gasteiger partial charge in [-0.2, -0.15) is 0 Å². The van der Waals surface area contributed by atoms with Gasteiger partial charge in [-0.1, -0.05) is 17.7 Å². The van der Waals surface area contributed by atoms with Crippen molar-refractivity contribution in [2.75, 3.05) is 0 Å². The molecule has 2 aromatic rings. The highest BCUT2D eigenvalue weighted by Gasteiger charge is 2.03. The number of rotatable bonds is 1. The summed E-state index contributed by atoms with van der Waals surface area (Å²) in [5.41, 5.74) is 0.892. The first kappa shape index (κ1) is 8.66. The molecule has 0 radical (unpaired) electrons. The van der Waals surface area contributed by atoms with Crippen LogP contribution in [0.3, 0.4) is 0 Å². The third-order valence-electron chi connectivity index (χ3n) is 1.56. The molecule has 4 heteroatoms. The molecule has 0 bridgehead atoms. The molecule has 66 valence electrons. The molecular formula is C9H7ClN2S. The Morgan fingerprint density at radius 3 is 2.85 bits per heavy atom. The van der Waals surface area contributed by atoms with E-state index in [1.165, 1.54) is 0 Å². The lowest BCUT2D eigenvalue weighted by Crippen LogP contribution is -1.89. The number of aromatic nitrogens is 2. The van der Waals surface area contributed by atoms with Crippen molar-refractivity contribution < 1.29 is 0 Å². The lowest BCUT2D eigenvalue weighted by Gasteiger charge is -1.98. The van der Waals surface area contributed by atoms with Crippen molar-refractivity contribution in [3.8, 4) is 10.7 Å². The second-order valence-electron chi connectivity index (χ2n) is 2.63. The van der Waals surface area contributed by atoms with Gasteiger partial charge in [0.25, 0.3) is 0 Å². The number of thiophene rings is 1. The standard InChI is InChI=1S/C9H7ClN2S/c1-6-5-8(10)12-9(11-6)7-3-2-4-13-7/h2-5H,1H3. The normalized spacial score (nSPS) is 10.3. The molecule has 0 aromatic carbocycles. The van der Waals surface area contributed by atoms with Crippen LogP contribution in [0.1, 0.15) is 5.69 Å². The maximum absolute atomic E-state index is 5.82. The predicted molar refractivity (Wildman–Crippen MR) is 55.1 cm³/mol. The molecule has 0 aliphatic carbocycles. The van der Waals surface area contributed by atoms with Crippen LogP contribution in [-0.4, -0.2) is 9.97 Å². The Bertz CT molecular complexity index is 391. The van der Waals surface area contributed by atoms with E-state index in [1.807, 2.05) is 24.4 Å². The van der Waals surface area contributed by atoms with Crippen LogP contribution in [0.4, 0.5) is 0 Å². The van der Waals surface area contributed by atoms with E-state index in [4.69, 9.17) is 11.6 Å². The van der Waals surface area contributed by atoms with Crippen molar-refractivity contribution in [1.82, 2.24) is 9.97 Å². The van der Waals surface area contributed by atoms with E-state index in [9.17, 15) is 0 Å². The van der Waals surface area contributed by atoms with E-state index in [-0.39, 0.29) is 0 Å². The molecule has 0 aliphatic rings. The fourth-order valence-electron chi connectivity index (χ4n) is 1.05. The number of hydrogen-bond donors (Lipinski definition) is 0. The molecule has 0 saturated carbocycles. The molecule has 0 saturated heterocycles. The van der Waals surface area contributed by atoms with Crippen molar-refractivity contribution in [1.29, 1.82) is 0 Å². The number of aryl methyl sites for hydroxylation is 1. The molecule has 0 atom stereocenters. The summed E-state index contributed by atoms with van der Waals surface area (Å²) in [6.07, 6.45) is 0. The smallest absolute Gasteiger partial charge is 0.171 e. The first-order valence-electron chi connectivity index (χ1n) is 3.81. The average molecular weight is 211 g/mol. The van der Waals surface area contributed by atoms with Gasteiger partial charge in [0, 0.05) is 5.69 Å². The Morgan fingerprint density at radius 2 is 2.23 bits per heavy atom. The van der Waals surface area contributed by atoms with E-state index >= 15 is 0 Å². The van der Waals surface area contributed by atoms with Gasteiger partial charge in [0.15, 0.2) is 5.82 Å². The molecular weight excluding hydrogens is 204 g/mol. The number of nitrogens with zero attached hydrogens (tertiary/aromatic N) is 2. The van der Waals surface area contributed by atoms with Crippen molar-refractivity contribution in [2.24, 2.45) is 0 Å². The van der Waals surface area contributed by atoms with Gasteiger partial charge in [-0.25, -0.2) is 9.97 Å².